The number of amides is 2. The van der Waals surface area contributed by atoms with Crippen molar-refractivity contribution in [2.45, 2.75) is 23.1 Å². The molecule has 2 amide bonds. The number of nitrogens with one attached hydrogen (secondary N) is 1. The lowest BCUT2D eigenvalue weighted by molar-refractivity contribution is -0.124. The number of carbonyl (C=O) groups is 2. The maximum absolute atomic E-state index is 13.0. The Labute approximate surface area is 167 Å². The Morgan fingerprint density at radius 1 is 1.07 bits per heavy atom. The zero-order chi connectivity index (χ0) is 19.3. The summed E-state index contributed by atoms with van der Waals surface area (Å²) in [6.07, 6.45) is 1.89. The predicted octanol–water partition coefficient (Wildman–Crippen LogP) is 4.17. The molecular formula is C22H20N2O3S. The lowest BCUT2D eigenvalue weighted by Gasteiger charge is -2.22. The molecule has 2 aromatic carbocycles. The van der Waals surface area contributed by atoms with Gasteiger partial charge in [0.15, 0.2) is 0 Å². The Bertz CT molecular complexity index is 957. The van der Waals surface area contributed by atoms with Crippen LogP contribution in [-0.4, -0.2) is 18.4 Å². The number of hydrogen-bond acceptors (Lipinski definition) is 4. The van der Waals surface area contributed by atoms with Crippen molar-refractivity contribution < 1.29 is 14.0 Å². The van der Waals surface area contributed by atoms with Crippen molar-refractivity contribution >= 4 is 29.3 Å². The average molecular weight is 392 g/mol. The van der Waals surface area contributed by atoms with E-state index in [1.807, 2.05) is 66.7 Å². The van der Waals surface area contributed by atoms with E-state index < -0.39 is 0 Å². The molecule has 3 aromatic rings. The molecule has 1 aliphatic rings. The third-order valence-corrected chi connectivity index (χ3v) is 5.86. The highest BCUT2D eigenvalue weighted by molar-refractivity contribution is 7.99. The Balaban J connectivity index is 1.51. The quantitative estimate of drug-likeness (QED) is 0.708. The van der Waals surface area contributed by atoms with Crippen LogP contribution < -0.4 is 10.2 Å². The lowest BCUT2D eigenvalue weighted by atomic mass is 10.2. The van der Waals surface area contributed by atoms with E-state index in [0.29, 0.717) is 6.54 Å². The van der Waals surface area contributed by atoms with E-state index in [4.69, 9.17) is 4.42 Å². The number of thioether (sulfide) groups is 1. The summed E-state index contributed by atoms with van der Waals surface area (Å²) in [5.41, 5.74) is 1.79. The topological polar surface area (TPSA) is 62.6 Å². The van der Waals surface area contributed by atoms with Gasteiger partial charge < -0.3 is 14.6 Å². The minimum Gasteiger partial charge on any atom is -0.468 e. The number of nitrogens with zero attached hydrogens (tertiary/aromatic N) is 1. The van der Waals surface area contributed by atoms with Gasteiger partial charge in [-0.05, 0) is 29.8 Å². The van der Waals surface area contributed by atoms with Crippen LogP contribution in [0.3, 0.4) is 0 Å². The van der Waals surface area contributed by atoms with Crippen molar-refractivity contribution in [2.24, 2.45) is 0 Å². The van der Waals surface area contributed by atoms with Gasteiger partial charge in [-0.25, -0.2) is 0 Å². The zero-order valence-electron chi connectivity index (χ0n) is 15.2. The van der Waals surface area contributed by atoms with Crippen LogP contribution in [0, 0.1) is 0 Å². The number of hydrogen-bond donors (Lipinski definition) is 1. The molecule has 0 unspecified atom stereocenters. The fraction of sp³-hybridized carbons (Fsp3) is 0.182. The van der Waals surface area contributed by atoms with Crippen LogP contribution in [0.5, 0.6) is 0 Å². The summed E-state index contributed by atoms with van der Waals surface area (Å²) >= 11 is 1.59. The molecule has 0 saturated heterocycles. The first kappa shape index (κ1) is 18.4. The molecular weight excluding hydrogens is 372 g/mol. The number of benzene rings is 2. The van der Waals surface area contributed by atoms with Crippen LogP contribution in [0.25, 0.3) is 0 Å². The van der Waals surface area contributed by atoms with E-state index in [0.717, 1.165) is 21.9 Å². The molecule has 0 fully saturated rings. The third-order valence-electron chi connectivity index (χ3n) is 4.58. The largest absolute Gasteiger partial charge is 0.468 e. The van der Waals surface area contributed by atoms with E-state index in [1.54, 1.807) is 22.9 Å². The first-order chi connectivity index (χ1) is 13.7. The van der Waals surface area contributed by atoms with Gasteiger partial charge in [-0.15, -0.1) is 11.8 Å². The molecule has 1 N–H and O–H groups in total. The SMILES string of the molecule is O=C(CN1C(=O)C[C@H](c2ccco2)Sc2ccccc21)NCc1ccccc1. The second-order valence-corrected chi connectivity index (χ2v) is 7.78. The van der Waals surface area contributed by atoms with Gasteiger partial charge in [-0.3, -0.25) is 9.59 Å². The van der Waals surface area contributed by atoms with Crippen molar-refractivity contribution in [3.63, 3.8) is 0 Å². The summed E-state index contributed by atoms with van der Waals surface area (Å²) in [5, 5.41) is 2.79. The van der Waals surface area contributed by atoms with Crippen molar-refractivity contribution in [2.75, 3.05) is 11.4 Å². The first-order valence-corrected chi connectivity index (χ1v) is 9.99. The van der Waals surface area contributed by atoms with Crippen LogP contribution in [0.2, 0.25) is 0 Å². The van der Waals surface area contributed by atoms with Crippen LogP contribution in [0.1, 0.15) is 23.0 Å². The standard InChI is InChI=1S/C22H20N2O3S/c25-21(23-14-16-7-2-1-3-8-16)15-24-17-9-4-5-11-19(17)28-20(13-22(24)26)18-10-6-12-27-18/h1-12,20H,13-15H2,(H,23,25)/t20-/m1/s1. The molecule has 1 aliphatic heterocycles. The van der Waals surface area contributed by atoms with E-state index in [9.17, 15) is 9.59 Å². The molecule has 28 heavy (non-hydrogen) atoms. The number of rotatable bonds is 5. The molecule has 0 aliphatic carbocycles. The van der Waals surface area contributed by atoms with Crippen molar-refractivity contribution in [1.82, 2.24) is 5.32 Å². The molecule has 0 spiro atoms. The number of furan rings is 1. The first-order valence-electron chi connectivity index (χ1n) is 9.11. The normalized spacial score (nSPS) is 16.4. The van der Waals surface area contributed by atoms with Gasteiger partial charge in [-0.1, -0.05) is 42.5 Å². The summed E-state index contributed by atoms with van der Waals surface area (Å²) in [6, 6.07) is 21.1. The highest BCUT2D eigenvalue weighted by Gasteiger charge is 2.31. The van der Waals surface area contributed by atoms with Gasteiger partial charge in [0.1, 0.15) is 12.3 Å². The van der Waals surface area contributed by atoms with Gasteiger partial charge in [0.2, 0.25) is 11.8 Å². The van der Waals surface area contributed by atoms with Crippen molar-refractivity contribution in [3.05, 3.63) is 84.3 Å². The molecule has 0 saturated carbocycles. The summed E-state index contributed by atoms with van der Waals surface area (Å²) in [6.45, 7) is 0.432. The van der Waals surface area contributed by atoms with E-state index in [2.05, 4.69) is 5.32 Å². The van der Waals surface area contributed by atoms with E-state index >= 15 is 0 Å². The summed E-state index contributed by atoms with van der Waals surface area (Å²) in [4.78, 5) is 28.1. The second-order valence-electron chi connectivity index (χ2n) is 6.54. The molecule has 0 bridgehead atoms. The molecule has 1 atom stereocenters. The second kappa shape index (κ2) is 8.35. The van der Waals surface area contributed by atoms with Crippen LogP contribution >= 0.6 is 11.8 Å². The monoisotopic (exact) mass is 392 g/mol. The Morgan fingerprint density at radius 2 is 1.86 bits per heavy atom. The number of fused-ring (bicyclic) bond motifs is 1. The van der Waals surface area contributed by atoms with Crippen molar-refractivity contribution in [3.8, 4) is 0 Å². The fourth-order valence-corrected chi connectivity index (χ4v) is 4.42. The Morgan fingerprint density at radius 3 is 2.64 bits per heavy atom. The van der Waals surface area contributed by atoms with Gasteiger partial charge in [0, 0.05) is 17.9 Å². The zero-order valence-corrected chi connectivity index (χ0v) is 16.0. The Kier molecular flexibility index (Phi) is 5.48. The van der Waals surface area contributed by atoms with Crippen LogP contribution in [0.4, 0.5) is 5.69 Å². The minimum atomic E-state index is -0.187. The number of carbonyl (C=O) groups excluding carboxylic acids is 2. The average Bonchev–Trinajstić information content (AvgIpc) is 3.22. The minimum absolute atomic E-state index is 0.00584. The molecule has 2 heterocycles. The molecule has 6 heteroatoms. The highest BCUT2D eigenvalue weighted by atomic mass is 32.2. The highest BCUT2D eigenvalue weighted by Crippen LogP contribution is 2.45. The molecule has 1 aromatic heterocycles. The maximum atomic E-state index is 13.0. The molecule has 142 valence electrons. The lowest BCUT2D eigenvalue weighted by Crippen LogP contribution is -2.40. The summed E-state index contributed by atoms with van der Waals surface area (Å²) in [7, 11) is 0. The van der Waals surface area contributed by atoms with Crippen molar-refractivity contribution in [1.29, 1.82) is 0 Å². The van der Waals surface area contributed by atoms with Gasteiger partial charge in [0.05, 0.1) is 17.2 Å². The van der Waals surface area contributed by atoms with E-state index in [-0.39, 0.29) is 30.0 Å². The molecule has 0 radical (unpaired) electrons. The third kappa shape index (κ3) is 4.12. The molecule has 4 rings (SSSR count). The van der Waals surface area contributed by atoms with Gasteiger partial charge in [-0.2, -0.15) is 0 Å². The fourth-order valence-electron chi connectivity index (χ4n) is 3.18. The predicted molar refractivity (Wildman–Crippen MR) is 109 cm³/mol. The van der Waals surface area contributed by atoms with Gasteiger partial charge in [0.25, 0.3) is 0 Å². The van der Waals surface area contributed by atoms with Crippen LogP contribution in [0.15, 0.2) is 82.3 Å². The Hall–Kier alpha value is -2.99. The van der Waals surface area contributed by atoms with Gasteiger partial charge >= 0.3 is 0 Å². The smallest absolute Gasteiger partial charge is 0.240 e. The van der Waals surface area contributed by atoms with Crippen LogP contribution in [-0.2, 0) is 16.1 Å². The number of anilines is 1. The maximum Gasteiger partial charge on any atom is 0.240 e. The summed E-state index contributed by atoms with van der Waals surface area (Å²) < 4.78 is 5.52. The number of para-hydroxylation sites is 1. The summed E-state index contributed by atoms with van der Waals surface area (Å²) in [5.74, 6) is 0.491. The molecule has 5 nitrogen and oxygen atoms in total. The van der Waals surface area contributed by atoms with E-state index in [1.165, 1.54) is 0 Å².